The molecule has 3 rings (SSSR count). The molecular weight excluding hydrogens is 333 g/mol. The van der Waals surface area contributed by atoms with Gasteiger partial charge in [0.1, 0.15) is 17.5 Å². The van der Waals surface area contributed by atoms with Crippen LogP contribution in [0.4, 0.5) is 13.2 Å². The molecular formula is C23H19F3. The van der Waals surface area contributed by atoms with Crippen molar-refractivity contribution < 1.29 is 13.2 Å². The Hall–Kier alpha value is -2.81. The Kier molecular flexibility index (Phi) is 5.57. The van der Waals surface area contributed by atoms with Gasteiger partial charge in [-0.2, -0.15) is 0 Å². The first-order valence-corrected chi connectivity index (χ1v) is 8.49. The summed E-state index contributed by atoms with van der Waals surface area (Å²) < 4.78 is 41.7. The highest BCUT2D eigenvalue weighted by atomic mass is 19.1. The normalized spacial score (nSPS) is 12.5. The lowest BCUT2D eigenvalue weighted by atomic mass is 9.93. The maximum Gasteiger partial charge on any atom is 0.133 e. The van der Waals surface area contributed by atoms with Gasteiger partial charge in [0.2, 0.25) is 0 Å². The number of halogens is 3. The topological polar surface area (TPSA) is 0 Å². The van der Waals surface area contributed by atoms with E-state index in [1.807, 2.05) is 37.3 Å². The second-order valence-electron chi connectivity index (χ2n) is 6.37. The van der Waals surface area contributed by atoms with Crippen molar-refractivity contribution in [2.75, 3.05) is 0 Å². The van der Waals surface area contributed by atoms with E-state index in [0.717, 1.165) is 5.56 Å². The van der Waals surface area contributed by atoms with Gasteiger partial charge in [-0.25, -0.2) is 13.2 Å². The van der Waals surface area contributed by atoms with Crippen LogP contribution in [0.2, 0.25) is 0 Å². The van der Waals surface area contributed by atoms with Gasteiger partial charge in [0.05, 0.1) is 0 Å². The molecule has 0 fully saturated rings. The molecule has 3 heteroatoms. The third kappa shape index (κ3) is 4.42. The molecule has 0 saturated carbocycles. The minimum atomic E-state index is -0.598. The molecule has 0 N–H and O–H groups in total. The van der Waals surface area contributed by atoms with Crippen molar-refractivity contribution in [1.82, 2.24) is 0 Å². The van der Waals surface area contributed by atoms with Gasteiger partial charge < -0.3 is 0 Å². The Morgan fingerprint density at radius 2 is 1.42 bits per heavy atom. The fourth-order valence-corrected chi connectivity index (χ4v) is 2.92. The fraction of sp³-hybridized carbons (Fsp3) is 0.130. The molecule has 0 aromatic heterocycles. The average Bonchev–Trinajstić information content (AvgIpc) is 2.63. The van der Waals surface area contributed by atoms with Crippen molar-refractivity contribution in [3.63, 3.8) is 0 Å². The van der Waals surface area contributed by atoms with Crippen LogP contribution in [0.1, 0.15) is 35.1 Å². The van der Waals surface area contributed by atoms with E-state index < -0.39 is 11.6 Å². The van der Waals surface area contributed by atoms with E-state index in [1.54, 1.807) is 18.2 Å². The molecule has 132 valence electrons. The number of rotatable bonds is 5. The zero-order chi connectivity index (χ0) is 18.5. The number of benzene rings is 3. The fourth-order valence-electron chi connectivity index (χ4n) is 2.92. The van der Waals surface area contributed by atoms with Gasteiger partial charge in [-0.05, 0) is 59.4 Å². The first-order valence-electron chi connectivity index (χ1n) is 8.49. The van der Waals surface area contributed by atoms with Crippen LogP contribution < -0.4 is 0 Å². The number of hydrogen-bond acceptors (Lipinski definition) is 0. The molecule has 0 aliphatic rings. The van der Waals surface area contributed by atoms with E-state index in [9.17, 15) is 13.2 Å². The molecule has 0 aliphatic heterocycles. The Morgan fingerprint density at radius 1 is 0.808 bits per heavy atom. The summed E-state index contributed by atoms with van der Waals surface area (Å²) in [4.78, 5) is 0. The van der Waals surface area contributed by atoms with Crippen molar-refractivity contribution >= 4 is 12.2 Å². The van der Waals surface area contributed by atoms with Gasteiger partial charge in [-0.15, -0.1) is 0 Å². The van der Waals surface area contributed by atoms with Crippen LogP contribution in [-0.2, 0) is 6.42 Å². The van der Waals surface area contributed by atoms with Gasteiger partial charge >= 0.3 is 0 Å². The summed E-state index contributed by atoms with van der Waals surface area (Å²) in [5, 5.41) is 0. The molecule has 0 heterocycles. The highest BCUT2D eigenvalue weighted by Gasteiger charge is 2.12. The second kappa shape index (κ2) is 8.05. The molecule has 3 aromatic rings. The van der Waals surface area contributed by atoms with E-state index in [1.165, 1.54) is 30.3 Å². The maximum absolute atomic E-state index is 14.4. The molecule has 0 spiro atoms. The van der Waals surface area contributed by atoms with Crippen LogP contribution in [0, 0.1) is 17.5 Å². The van der Waals surface area contributed by atoms with Crippen LogP contribution in [0.3, 0.4) is 0 Å². The van der Waals surface area contributed by atoms with Crippen molar-refractivity contribution in [2.45, 2.75) is 19.3 Å². The predicted octanol–water partition coefficient (Wildman–Crippen LogP) is 6.62. The lowest BCUT2D eigenvalue weighted by Gasteiger charge is -2.13. The lowest BCUT2D eigenvalue weighted by molar-refractivity contribution is 0.573. The summed E-state index contributed by atoms with van der Waals surface area (Å²) in [7, 11) is 0. The van der Waals surface area contributed by atoms with E-state index in [-0.39, 0.29) is 17.3 Å². The molecule has 1 unspecified atom stereocenters. The molecule has 0 amide bonds. The van der Waals surface area contributed by atoms with Crippen molar-refractivity contribution in [3.8, 4) is 0 Å². The monoisotopic (exact) mass is 352 g/mol. The van der Waals surface area contributed by atoms with Crippen LogP contribution in [0.25, 0.3) is 12.2 Å². The second-order valence-corrected chi connectivity index (χ2v) is 6.37. The third-order valence-corrected chi connectivity index (χ3v) is 4.36. The SMILES string of the molecule is CC(Cc1cc(F)c(/C=C/c2ccc(F)cc2)c(F)c1)c1ccccc1. The van der Waals surface area contributed by atoms with E-state index in [0.29, 0.717) is 17.5 Å². The van der Waals surface area contributed by atoms with E-state index >= 15 is 0 Å². The van der Waals surface area contributed by atoms with Crippen LogP contribution in [0.5, 0.6) is 0 Å². The Labute approximate surface area is 151 Å². The van der Waals surface area contributed by atoms with Crippen molar-refractivity contribution in [1.29, 1.82) is 0 Å². The summed E-state index contributed by atoms with van der Waals surface area (Å²) >= 11 is 0. The first kappa shape index (κ1) is 18.0. The lowest BCUT2D eigenvalue weighted by Crippen LogP contribution is -2.01. The summed E-state index contributed by atoms with van der Waals surface area (Å²) in [6.07, 6.45) is 3.50. The minimum absolute atomic E-state index is 0.0922. The Bertz CT molecular complexity index is 873. The van der Waals surface area contributed by atoms with Crippen molar-refractivity contribution in [3.05, 3.63) is 106 Å². The average molecular weight is 352 g/mol. The largest absolute Gasteiger partial charge is 0.207 e. The molecule has 0 aliphatic carbocycles. The Balaban J connectivity index is 1.78. The van der Waals surface area contributed by atoms with Crippen LogP contribution in [0.15, 0.2) is 66.7 Å². The summed E-state index contributed by atoms with van der Waals surface area (Å²) in [6.45, 7) is 2.04. The van der Waals surface area contributed by atoms with Crippen LogP contribution >= 0.6 is 0 Å². The zero-order valence-corrected chi connectivity index (χ0v) is 14.4. The molecule has 26 heavy (non-hydrogen) atoms. The van der Waals surface area contributed by atoms with Crippen molar-refractivity contribution in [2.24, 2.45) is 0 Å². The highest BCUT2D eigenvalue weighted by Crippen LogP contribution is 2.24. The van der Waals surface area contributed by atoms with Gasteiger partial charge in [-0.3, -0.25) is 0 Å². The highest BCUT2D eigenvalue weighted by molar-refractivity contribution is 5.70. The summed E-state index contributed by atoms with van der Waals surface area (Å²) in [6, 6.07) is 18.4. The summed E-state index contributed by atoms with van der Waals surface area (Å²) in [5.74, 6) is -1.38. The molecule has 0 radical (unpaired) electrons. The first-order chi connectivity index (χ1) is 12.5. The zero-order valence-electron chi connectivity index (χ0n) is 14.4. The Morgan fingerprint density at radius 3 is 2.04 bits per heavy atom. The van der Waals surface area contributed by atoms with E-state index in [2.05, 4.69) is 0 Å². The maximum atomic E-state index is 14.4. The summed E-state index contributed by atoms with van der Waals surface area (Å²) in [5.41, 5.74) is 2.33. The van der Waals surface area contributed by atoms with Gasteiger partial charge in [0.25, 0.3) is 0 Å². The molecule has 1 atom stereocenters. The molecule has 0 bridgehead atoms. The standard InChI is InChI=1S/C23H19F3/c1-16(19-5-3-2-4-6-19)13-18-14-22(25)21(23(26)15-18)12-9-17-7-10-20(24)11-8-17/h2-12,14-16H,13H2,1H3/b12-9+. The van der Waals surface area contributed by atoms with E-state index in [4.69, 9.17) is 0 Å². The third-order valence-electron chi connectivity index (χ3n) is 4.36. The van der Waals surface area contributed by atoms with Gasteiger partial charge in [0.15, 0.2) is 0 Å². The number of hydrogen-bond donors (Lipinski definition) is 0. The minimum Gasteiger partial charge on any atom is -0.207 e. The molecule has 3 aromatic carbocycles. The smallest absolute Gasteiger partial charge is 0.133 e. The molecule has 0 saturated heterocycles. The predicted molar refractivity (Wildman–Crippen MR) is 100 cm³/mol. The quantitative estimate of drug-likeness (QED) is 0.453. The van der Waals surface area contributed by atoms with Gasteiger partial charge in [0, 0.05) is 5.56 Å². The van der Waals surface area contributed by atoms with Gasteiger partial charge in [-0.1, -0.05) is 55.5 Å². The molecule has 0 nitrogen and oxygen atoms in total. The van der Waals surface area contributed by atoms with Crippen LogP contribution in [-0.4, -0.2) is 0 Å².